The number of nitro groups is 1. The van der Waals surface area contributed by atoms with Crippen molar-refractivity contribution in [3.05, 3.63) is 56.8 Å². The number of nitrogens with one attached hydrogen (secondary N) is 3. The van der Waals surface area contributed by atoms with Crippen molar-refractivity contribution in [3.8, 4) is 0 Å². The molecule has 0 fully saturated rings. The molecule has 1 heterocycles. The standard InChI is InChI=1S/C16H18N4O4S/c21-15(7-8-19-16(22)14-2-1-11-25-14)18-10-9-17-12-3-5-13(6-4-12)20(23)24/h1-6,11,17H,7-10H2,(H,18,21)(H,19,22). The lowest BCUT2D eigenvalue weighted by molar-refractivity contribution is -0.384. The Bertz CT molecular complexity index is 716. The average Bonchev–Trinajstić information content (AvgIpc) is 3.14. The zero-order chi connectivity index (χ0) is 18.1. The summed E-state index contributed by atoms with van der Waals surface area (Å²) in [6, 6.07) is 9.57. The minimum Gasteiger partial charge on any atom is -0.383 e. The van der Waals surface area contributed by atoms with Gasteiger partial charge >= 0.3 is 0 Å². The summed E-state index contributed by atoms with van der Waals surface area (Å²) in [7, 11) is 0. The lowest BCUT2D eigenvalue weighted by Gasteiger charge is -2.08. The lowest BCUT2D eigenvalue weighted by Crippen LogP contribution is -2.32. The second-order valence-electron chi connectivity index (χ2n) is 5.06. The average molecular weight is 362 g/mol. The summed E-state index contributed by atoms with van der Waals surface area (Å²) in [5, 5.41) is 20.8. The molecule has 0 unspecified atom stereocenters. The third kappa shape index (κ3) is 6.22. The molecular formula is C16H18N4O4S. The maximum atomic E-state index is 11.7. The molecule has 0 atom stereocenters. The van der Waals surface area contributed by atoms with Gasteiger partial charge in [0, 0.05) is 43.9 Å². The van der Waals surface area contributed by atoms with E-state index in [0.29, 0.717) is 18.0 Å². The van der Waals surface area contributed by atoms with E-state index in [-0.39, 0.29) is 30.5 Å². The molecule has 0 aliphatic heterocycles. The van der Waals surface area contributed by atoms with Crippen LogP contribution < -0.4 is 16.0 Å². The van der Waals surface area contributed by atoms with E-state index in [1.807, 2.05) is 5.38 Å². The summed E-state index contributed by atoms with van der Waals surface area (Å²) < 4.78 is 0. The molecule has 0 aliphatic carbocycles. The largest absolute Gasteiger partial charge is 0.383 e. The number of rotatable bonds is 9. The zero-order valence-corrected chi connectivity index (χ0v) is 14.2. The second kappa shape index (κ2) is 9.38. The molecule has 0 saturated carbocycles. The van der Waals surface area contributed by atoms with Crippen molar-refractivity contribution < 1.29 is 14.5 Å². The molecule has 0 radical (unpaired) electrons. The van der Waals surface area contributed by atoms with Gasteiger partial charge in [-0.1, -0.05) is 6.07 Å². The number of carbonyl (C=O) groups is 2. The topological polar surface area (TPSA) is 113 Å². The van der Waals surface area contributed by atoms with Gasteiger partial charge in [0.2, 0.25) is 5.91 Å². The highest BCUT2D eigenvalue weighted by atomic mass is 32.1. The predicted molar refractivity (Wildman–Crippen MR) is 95.9 cm³/mol. The Morgan fingerprint density at radius 3 is 2.44 bits per heavy atom. The summed E-state index contributed by atoms with van der Waals surface area (Å²) in [6.45, 7) is 1.18. The van der Waals surface area contributed by atoms with Crippen molar-refractivity contribution >= 4 is 34.5 Å². The van der Waals surface area contributed by atoms with Gasteiger partial charge in [-0.05, 0) is 23.6 Å². The first-order valence-electron chi connectivity index (χ1n) is 7.63. The minimum absolute atomic E-state index is 0.0310. The van der Waals surface area contributed by atoms with Crippen LogP contribution in [0.1, 0.15) is 16.1 Å². The molecule has 0 spiro atoms. The van der Waals surface area contributed by atoms with Crippen molar-refractivity contribution in [2.45, 2.75) is 6.42 Å². The Kier molecular flexibility index (Phi) is 6.90. The zero-order valence-electron chi connectivity index (χ0n) is 13.4. The summed E-state index contributed by atoms with van der Waals surface area (Å²) in [5.41, 5.74) is 0.770. The molecule has 2 amide bonds. The number of hydrogen-bond acceptors (Lipinski definition) is 6. The Morgan fingerprint density at radius 2 is 1.80 bits per heavy atom. The molecule has 0 saturated heterocycles. The fourth-order valence-corrected chi connectivity index (χ4v) is 2.62. The van der Waals surface area contributed by atoms with Gasteiger partial charge in [-0.25, -0.2) is 0 Å². The molecule has 0 aliphatic rings. The van der Waals surface area contributed by atoms with Gasteiger partial charge in [-0.2, -0.15) is 0 Å². The summed E-state index contributed by atoms with van der Waals surface area (Å²) in [5.74, 6) is -0.334. The molecule has 0 bridgehead atoms. The van der Waals surface area contributed by atoms with Crippen LogP contribution in [0.25, 0.3) is 0 Å². The van der Waals surface area contributed by atoms with Crippen LogP contribution >= 0.6 is 11.3 Å². The number of anilines is 1. The van der Waals surface area contributed by atoms with Crippen molar-refractivity contribution in [3.63, 3.8) is 0 Å². The van der Waals surface area contributed by atoms with Gasteiger partial charge in [-0.3, -0.25) is 19.7 Å². The molecule has 1 aromatic carbocycles. The van der Waals surface area contributed by atoms with Crippen LogP contribution in [0.5, 0.6) is 0 Å². The number of nitro benzene ring substituents is 1. The van der Waals surface area contributed by atoms with Gasteiger partial charge in [-0.15, -0.1) is 11.3 Å². The monoisotopic (exact) mass is 362 g/mol. The number of benzene rings is 1. The first-order valence-corrected chi connectivity index (χ1v) is 8.51. The minimum atomic E-state index is -0.457. The number of amides is 2. The summed E-state index contributed by atoms with van der Waals surface area (Å²) in [4.78, 5) is 34.1. The van der Waals surface area contributed by atoms with E-state index >= 15 is 0 Å². The maximum absolute atomic E-state index is 11.7. The number of non-ortho nitro benzene ring substituents is 1. The maximum Gasteiger partial charge on any atom is 0.269 e. The second-order valence-corrected chi connectivity index (χ2v) is 6.01. The quantitative estimate of drug-likeness (QED) is 0.359. The van der Waals surface area contributed by atoms with Crippen molar-refractivity contribution in [1.29, 1.82) is 0 Å². The first-order chi connectivity index (χ1) is 12.1. The number of nitrogens with zero attached hydrogens (tertiary/aromatic N) is 1. The fourth-order valence-electron chi connectivity index (χ4n) is 1.98. The Hall–Kier alpha value is -2.94. The van der Waals surface area contributed by atoms with Gasteiger partial charge in [0.1, 0.15) is 0 Å². The third-order valence-corrected chi connectivity index (χ3v) is 4.11. The Balaban J connectivity index is 1.57. The molecule has 8 nitrogen and oxygen atoms in total. The molecule has 2 aromatic rings. The molecule has 2 rings (SSSR count). The van der Waals surface area contributed by atoms with E-state index in [4.69, 9.17) is 0 Å². The van der Waals surface area contributed by atoms with Crippen LogP contribution in [0, 0.1) is 10.1 Å². The van der Waals surface area contributed by atoms with Crippen molar-refractivity contribution in [1.82, 2.24) is 10.6 Å². The molecule has 132 valence electrons. The van der Waals surface area contributed by atoms with E-state index in [0.717, 1.165) is 5.69 Å². The fraction of sp³-hybridized carbons (Fsp3) is 0.250. The third-order valence-electron chi connectivity index (χ3n) is 3.24. The van der Waals surface area contributed by atoms with Crippen LogP contribution in [0.4, 0.5) is 11.4 Å². The van der Waals surface area contributed by atoms with Gasteiger partial charge in [0.25, 0.3) is 11.6 Å². The number of thiophene rings is 1. The van der Waals surface area contributed by atoms with Gasteiger partial charge in [0.05, 0.1) is 9.80 Å². The van der Waals surface area contributed by atoms with E-state index in [2.05, 4.69) is 16.0 Å². The van der Waals surface area contributed by atoms with Crippen molar-refractivity contribution in [2.75, 3.05) is 25.0 Å². The van der Waals surface area contributed by atoms with E-state index in [1.165, 1.54) is 23.5 Å². The molecule has 25 heavy (non-hydrogen) atoms. The van der Waals surface area contributed by atoms with Crippen LogP contribution in [0.15, 0.2) is 41.8 Å². The molecule has 3 N–H and O–H groups in total. The van der Waals surface area contributed by atoms with Gasteiger partial charge < -0.3 is 16.0 Å². The Morgan fingerprint density at radius 1 is 1.04 bits per heavy atom. The normalized spacial score (nSPS) is 10.1. The highest BCUT2D eigenvalue weighted by molar-refractivity contribution is 7.12. The Labute approximate surface area is 148 Å². The number of carbonyl (C=O) groups excluding carboxylic acids is 2. The molecule has 1 aromatic heterocycles. The van der Waals surface area contributed by atoms with E-state index in [1.54, 1.807) is 24.3 Å². The highest BCUT2D eigenvalue weighted by Gasteiger charge is 2.07. The van der Waals surface area contributed by atoms with Crippen molar-refractivity contribution in [2.24, 2.45) is 0 Å². The van der Waals surface area contributed by atoms with E-state index in [9.17, 15) is 19.7 Å². The SMILES string of the molecule is O=C(CCNC(=O)c1cccs1)NCCNc1ccc([N+](=O)[O-])cc1. The van der Waals surface area contributed by atoms with E-state index < -0.39 is 4.92 Å². The van der Waals surface area contributed by atoms with Crippen LogP contribution in [0.2, 0.25) is 0 Å². The summed E-state index contributed by atoms with van der Waals surface area (Å²) in [6.07, 6.45) is 0.203. The molecule has 9 heteroatoms. The smallest absolute Gasteiger partial charge is 0.269 e. The van der Waals surface area contributed by atoms with Crippen LogP contribution in [-0.2, 0) is 4.79 Å². The lowest BCUT2D eigenvalue weighted by atomic mass is 10.3. The predicted octanol–water partition coefficient (Wildman–Crippen LogP) is 2.00. The molecular weight excluding hydrogens is 344 g/mol. The van der Waals surface area contributed by atoms with Crippen LogP contribution in [0.3, 0.4) is 0 Å². The van der Waals surface area contributed by atoms with Gasteiger partial charge in [0.15, 0.2) is 0 Å². The number of hydrogen-bond donors (Lipinski definition) is 3. The van der Waals surface area contributed by atoms with Crippen LogP contribution in [-0.4, -0.2) is 36.4 Å². The first kappa shape index (κ1) is 18.4. The summed E-state index contributed by atoms with van der Waals surface area (Å²) >= 11 is 1.35. The highest BCUT2D eigenvalue weighted by Crippen LogP contribution is 2.14.